The fraction of sp³-hybridized carbons (Fsp3) is 0.533. The van der Waals surface area contributed by atoms with Crippen LogP contribution < -0.4 is 4.74 Å². The van der Waals surface area contributed by atoms with E-state index in [4.69, 9.17) is 16.3 Å². The second-order valence-electron chi connectivity index (χ2n) is 11.0. The zero-order valence-electron chi connectivity index (χ0n) is 20.4. The molecule has 2 saturated carbocycles. The lowest BCUT2D eigenvalue weighted by Gasteiger charge is -2.52. The molecule has 0 aromatic heterocycles. The molecule has 0 saturated heterocycles. The second kappa shape index (κ2) is 9.97. The van der Waals surface area contributed by atoms with Crippen molar-refractivity contribution in [2.24, 2.45) is 29.1 Å². The normalized spacial score (nSPS) is 30.0. The van der Waals surface area contributed by atoms with Gasteiger partial charge in [-0.1, -0.05) is 31.2 Å². The van der Waals surface area contributed by atoms with Crippen molar-refractivity contribution in [2.75, 3.05) is 5.88 Å². The lowest BCUT2D eigenvalue weighted by atomic mass is 9.53. The van der Waals surface area contributed by atoms with E-state index in [9.17, 15) is 14.7 Å². The van der Waals surface area contributed by atoms with E-state index in [1.54, 1.807) is 12.1 Å². The number of ether oxygens (including phenoxy) is 1. The maximum absolute atomic E-state index is 12.5. The summed E-state index contributed by atoms with van der Waals surface area (Å²) >= 11 is 5.92. The lowest BCUT2D eigenvalue weighted by molar-refractivity contribution is -0.146. The number of carboxylic acids is 1. The van der Waals surface area contributed by atoms with E-state index in [2.05, 4.69) is 19.1 Å². The van der Waals surface area contributed by atoms with Gasteiger partial charge in [-0.05, 0) is 116 Å². The quantitative estimate of drug-likeness (QED) is 0.253. The molecule has 0 heterocycles. The van der Waals surface area contributed by atoms with Gasteiger partial charge in [0.1, 0.15) is 5.75 Å². The number of aliphatic carboxylic acids is 1. The predicted molar refractivity (Wildman–Crippen MR) is 137 cm³/mol. The number of hydrogen-bond acceptors (Lipinski definition) is 3. The van der Waals surface area contributed by atoms with E-state index < -0.39 is 5.97 Å². The van der Waals surface area contributed by atoms with Crippen LogP contribution in [0.1, 0.15) is 79.3 Å². The maximum atomic E-state index is 12.5. The minimum Gasteiger partial charge on any atom is -0.481 e. The third-order valence-corrected chi connectivity index (χ3v) is 9.71. The third kappa shape index (κ3) is 4.50. The molecule has 2 aromatic rings. The fourth-order valence-electron chi connectivity index (χ4n) is 7.86. The first-order chi connectivity index (χ1) is 16.9. The van der Waals surface area contributed by atoms with Crippen LogP contribution in [0.4, 0.5) is 0 Å². The summed E-state index contributed by atoms with van der Waals surface area (Å²) in [6.45, 7) is 2.38. The summed E-state index contributed by atoms with van der Waals surface area (Å²) in [4.78, 5) is 24.7. The van der Waals surface area contributed by atoms with Crippen LogP contribution in [0, 0.1) is 29.1 Å². The van der Waals surface area contributed by atoms with Gasteiger partial charge in [-0.25, -0.2) is 4.79 Å². The summed E-state index contributed by atoms with van der Waals surface area (Å²) in [5.41, 5.74) is 3.36. The summed E-state index contributed by atoms with van der Waals surface area (Å²) in [5.74, 6) is 1.83. The molecule has 0 bridgehead atoms. The number of esters is 1. The summed E-state index contributed by atoms with van der Waals surface area (Å²) < 4.78 is 5.68. The maximum Gasteiger partial charge on any atom is 0.343 e. The first-order valence-corrected chi connectivity index (χ1v) is 13.6. The van der Waals surface area contributed by atoms with Crippen LogP contribution in [0.5, 0.6) is 5.75 Å². The number of benzene rings is 2. The summed E-state index contributed by atoms with van der Waals surface area (Å²) in [6.07, 6.45) is 7.91. The van der Waals surface area contributed by atoms with Crippen LogP contribution in [-0.4, -0.2) is 22.9 Å². The van der Waals surface area contributed by atoms with Crippen molar-refractivity contribution in [3.05, 3.63) is 65.2 Å². The van der Waals surface area contributed by atoms with Crippen molar-refractivity contribution in [2.45, 2.75) is 64.2 Å². The smallest absolute Gasteiger partial charge is 0.343 e. The van der Waals surface area contributed by atoms with Crippen LogP contribution in [-0.2, 0) is 11.2 Å². The summed E-state index contributed by atoms with van der Waals surface area (Å²) in [5, 5.41) is 10.0. The predicted octanol–water partition coefficient (Wildman–Crippen LogP) is 7.10. The van der Waals surface area contributed by atoms with E-state index in [1.165, 1.54) is 11.1 Å². The highest BCUT2D eigenvalue weighted by molar-refractivity contribution is 6.17. The molecule has 1 unspecified atom stereocenters. The molecule has 2 fully saturated rings. The molecule has 5 rings (SSSR count). The Hall–Kier alpha value is -2.33. The molecule has 1 N–H and O–H groups in total. The second-order valence-corrected chi connectivity index (χ2v) is 11.4. The van der Waals surface area contributed by atoms with Crippen LogP contribution in [0.15, 0.2) is 48.5 Å². The highest BCUT2D eigenvalue weighted by atomic mass is 35.5. The topological polar surface area (TPSA) is 63.6 Å². The van der Waals surface area contributed by atoms with Crippen molar-refractivity contribution in [1.29, 1.82) is 0 Å². The molecule has 0 amide bonds. The van der Waals surface area contributed by atoms with Gasteiger partial charge in [0.05, 0.1) is 11.5 Å². The Kier molecular flexibility index (Phi) is 6.94. The van der Waals surface area contributed by atoms with E-state index in [-0.39, 0.29) is 23.2 Å². The highest BCUT2D eigenvalue weighted by Gasteiger charge is 2.57. The van der Waals surface area contributed by atoms with Gasteiger partial charge in [0.25, 0.3) is 0 Å². The number of alkyl halides is 1. The molecule has 0 radical (unpaired) electrons. The molecule has 35 heavy (non-hydrogen) atoms. The molecule has 6 atom stereocenters. The molecule has 2 aromatic carbocycles. The first kappa shape index (κ1) is 24.4. The van der Waals surface area contributed by atoms with Gasteiger partial charge in [-0.2, -0.15) is 0 Å². The zero-order valence-corrected chi connectivity index (χ0v) is 21.2. The Balaban J connectivity index is 1.33. The average molecular weight is 495 g/mol. The molecule has 4 nitrogen and oxygen atoms in total. The zero-order chi connectivity index (χ0) is 24.6. The number of rotatable bonds is 7. The fourth-order valence-corrected chi connectivity index (χ4v) is 8.01. The highest BCUT2D eigenvalue weighted by Crippen LogP contribution is 2.64. The number of halogens is 1. The van der Waals surface area contributed by atoms with E-state index in [1.807, 2.05) is 24.3 Å². The van der Waals surface area contributed by atoms with Crippen molar-refractivity contribution >= 4 is 23.5 Å². The number of carbonyl (C=O) groups is 2. The van der Waals surface area contributed by atoms with Crippen molar-refractivity contribution in [1.82, 2.24) is 0 Å². The monoisotopic (exact) mass is 494 g/mol. The van der Waals surface area contributed by atoms with Gasteiger partial charge in [-0.3, -0.25) is 4.79 Å². The number of aryl methyl sites for hydroxylation is 1. The Morgan fingerprint density at radius 3 is 2.66 bits per heavy atom. The molecular weight excluding hydrogens is 460 g/mol. The average Bonchev–Trinajstić information content (AvgIpc) is 3.21. The van der Waals surface area contributed by atoms with Gasteiger partial charge in [0.2, 0.25) is 0 Å². The van der Waals surface area contributed by atoms with Crippen molar-refractivity contribution in [3.8, 4) is 5.75 Å². The Morgan fingerprint density at radius 1 is 1.11 bits per heavy atom. The summed E-state index contributed by atoms with van der Waals surface area (Å²) in [6, 6.07) is 15.3. The molecule has 3 aliphatic carbocycles. The molecule has 186 valence electrons. The number of carboxylic acid groups (broad SMARTS) is 1. The molecule has 0 spiro atoms. The third-order valence-electron chi connectivity index (χ3n) is 9.44. The first-order valence-electron chi connectivity index (χ1n) is 13.1. The SMILES string of the molecule is C[C@]12CC[C@@H]3c4ccc(OC(=O)c5ccccc5)cc4CC[C@H]3[C@@H]1CC[C@@H]2C(CCCCl)C(=O)O. The molecular formula is C30H35ClO4. The number of hydrogen-bond donors (Lipinski definition) is 1. The van der Waals surface area contributed by atoms with E-state index in [0.29, 0.717) is 41.4 Å². The molecule has 5 heteroatoms. The standard InChI is InChI=1S/C30H35ClO4/c1-30-16-15-23-22-12-10-21(35-29(34)19-6-3-2-4-7-19)18-20(22)9-11-24(23)26(30)13-14-27(30)25(28(32)33)8-5-17-31/h2-4,6-7,10,12,18,23-27H,5,8-9,11,13-17H2,1H3,(H,32,33)/t23-,24-,25?,26+,27-,30+/m1/s1. The minimum atomic E-state index is -0.643. The van der Waals surface area contributed by atoms with Gasteiger partial charge in [0, 0.05) is 5.88 Å². The van der Waals surface area contributed by atoms with Crippen molar-refractivity contribution < 1.29 is 19.4 Å². The number of carbonyl (C=O) groups excluding carboxylic acids is 1. The lowest BCUT2D eigenvalue weighted by Crippen LogP contribution is -2.45. The largest absolute Gasteiger partial charge is 0.481 e. The number of fused-ring (bicyclic) bond motifs is 5. The van der Waals surface area contributed by atoms with Crippen LogP contribution in [0.3, 0.4) is 0 Å². The molecule has 0 aliphatic heterocycles. The van der Waals surface area contributed by atoms with Gasteiger partial charge < -0.3 is 9.84 Å². The van der Waals surface area contributed by atoms with Crippen LogP contribution in [0.25, 0.3) is 0 Å². The summed E-state index contributed by atoms with van der Waals surface area (Å²) in [7, 11) is 0. The van der Waals surface area contributed by atoms with Crippen LogP contribution >= 0.6 is 11.6 Å². The van der Waals surface area contributed by atoms with E-state index in [0.717, 1.165) is 44.9 Å². The Labute approximate surface area is 213 Å². The van der Waals surface area contributed by atoms with Gasteiger partial charge in [-0.15, -0.1) is 11.6 Å². The van der Waals surface area contributed by atoms with E-state index >= 15 is 0 Å². The van der Waals surface area contributed by atoms with Crippen molar-refractivity contribution in [3.63, 3.8) is 0 Å². The Bertz CT molecular complexity index is 1080. The minimum absolute atomic E-state index is 0.0964. The van der Waals surface area contributed by atoms with Gasteiger partial charge in [0.15, 0.2) is 0 Å². The van der Waals surface area contributed by atoms with Gasteiger partial charge >= 0.3 is 11.9 Å². The Morgan fingerprint density at radius 2 is 1.91 bits per heavy atom. The molecule has 3 aliphatic rings. The van der Waals surface area contributed by atoms with Crippen LogP contribution in [0.2, 0.25) is 0 Å².